The van der Waals surface area contributed by atoms with Crippen molar-refractivity contribution in [3.05, 3.63) is 35.4 Å². The second-order valence-electron chi connectivity index (χ2n) is 6.99. The summed E-state index contributed by atoms with van der Waals surface area (Å²) in [7, 11) is 1.99. The first-order chi connectivity index (χ1) is 10.0. The Labute approximate surface area is 131 Å². The lowest BCUT2D eigenvalue weighted by Gasteiger charge is -2.24. The Balaban J connectivity index is 2.56. The van der Waals surface area contributed by atoms with Gasteiger partial charge in [0, 0.05) is 13.1 Å². The Bertz CT molecular complexity index is 356. The van der Waals surface area contributed by atoms with Crippen LogP contribution >= 0.6 is 0 Å². The summed E-state index contributed by atoms with van der Waals surface area (Å²) < 4.78 is 0. The van der Waals surface area contributed by atoms with Crippen molar-refractivity contribution in [2.75, 3.05) is 20.1 Å². The summed E-state index contributed by atoms with van der Waals surface area (Å²) in [5.74, 6) is 1.56. The van der Waals surface area contributed by atoms with Crippen LogP contribution in [0.2, 0.25) is 0 Å². The lowest BCUT2D eigenvalue weighted by Crippen LogP contribution is -2.27. The minimum absolute atomic E-state index is 0.782. The molecule has 0 fully saturated rings. The predicted molar refractivity (Wildman–Crippen MR) is 93.4 cm³/mol. The lowest BCUT2D eigenvalue weighted by molar-refractivity contribution is 0.235. The zero-order chi connectivity index (χ0) is 15.7. The Kier molecular flexibility index (Phi) is 8.63. The van der Waals surface area contributed by atoms with Gasteiger partial charge in [-0.3, -0.25) is 4.90 Å². The molecular weight excluding hydrogens is 256 g/mol. The third kappa shape index (κ3) is 8.23. The Morgan fingerprint density at radius 1 is 0.857 bits per heavy atom. The van der Waals surface area contributed by atoms with Crippen molar-refractivity contribution >= 4 is 0 Å². The molecule has 0 spiro atoms. The Morgan fingerprint density at radius 2 is 1.33 bits per heavy atom. The number of hydrogen-bond acceptors (Lipinski definition) is 2. The molecule has 0 aliphatic carbocycles. The van der Waals surface area contributed by atoms with E-state index in [4.69, 9.17) is 0 Å². The van der Waals surface area contributed by atoms with Crippen LogP contribution in [0.15, 0.2) is 24.3 Å². The number of benzene rings is 1. The summed E-state index contributed by atoms with van der Waals surface area (Å²) in [6.45, 7) is 13.7. The lowest BCUT2D eigenvalue weighted by atomic mass is 10.1. The summed E-state index contributed by atoms with van der Waals surface area (Å²) in [6, 6.07) is 9.05. The number of rotatable bonds is 10. The van der Waals surface area contributed by atoms with Gasteiger partial charge in [-0.25, -0.2) is 0 Å². The molecule has 0 heterocycles. The quantitative estimate of drug-likeness (QED) is 0.691. The molecule has 1 rings (SSSR count). The summed E-state index contributed by atoms with van der Waals surface area (Å²) in [5, 5.41) is 3.20. The SMILES string of the molecule is CNCc1ccc(CN(CCC(C)C)CCC(C)C)cc1. The van der Waals surface area contributed by atoms with Crippen LogP contribution in [0, 0.1) is 11.8 Å². The largest absolute Gasteiger partial charge is 0.316 e. The highest BCUT2D eigenvalue weighted by atomic mass is 15.1. The standard InChI is InChI=1S/C19H34N2/c1-16(2)10-12-21(13-11-17(3)4)15-19-8-6-18(7-9-19)14-20-5/h6-9,16-17,20H,10-15H2,1-5H3. The van der Waals surface area contributed by atoms with E-state index in [2.05, 4.69) is 62.2 Å². The summed E-state index contributed by atoms with van der Waals surface area (Å²) in [5.41, 5.74) is 2.79. The molecule has 1 aromatic carbocycles. The third-order valence-corrected chi connectivity index (χ3v) is 3.86. The van der Waals surface area contributed by atoms with Crippen LogP contribution in [0.25, 0.3) is 0 Å². The number of nitrogens with one attached hydrogen (secondary N) is 1. The van der Waals surface area contributed by atoms with Crippen LogP contribution < -0.4 is 5.32 Å². The van der Waals surface area contributed by atoms with Crippen LogP contribution in [-0.4, -0.2) is 25.0 Å². The van der Waals surface area contributed by atoms with Crippen molar-refractivity contribution in [1.29, 1.82) is 0 Å². The third-order valence-electron chi connectivity index (χ3n) is 3.86. The van der Waals surface area contributed by atoms with Gasteiger partial charge in [0.1, 0.15) is 0 Å². The average Bonchev–Trinajstić information content (AvgIpc) is 2.44. The topological polar surface area (TPSA) is 15.3 Å². The molecule has 0 saturated carbocycles. The van der Waals surface area contributed by atoms with Crippen molar-refractivity contribution in [1.82, 2.24) is 10.2 Å². The van der Waals surface area contributed by atoms with Crippen molar-refractivity contribution in [2.45, 2.75) is 53.6 Å². The highest BCUT2D eigenvalue weighted by Crippen LogP contribution is 2.12. The van der Waals surface area contributed by atoms with E-state index < -0.39 is 0 Å². The molecule has 0 saturated heterocycles. The molecule has 0 atom stereocenters. The highest BCUT2D eigenvalue weighted by molar-refractivity contribution is 5.22. The summed E-state index contributed by atoms with van der Waals surface area (Å²) in [6.07, 6.45) is 2.58. The van der Waals surface area contributed by atoms with Gasteiger partial charge in [-0.1, -0.05) is 52.0 Å². The van der Waals surface area contributed by atoms with Crippen molar-refractivity contribution < 1.29 is 0 Å². The normalized spacial score (nSPS) is 11.8. The molecule has 0 aromatic heterocycles. The molecule has 0 amide bonds. The maximum Gasteiger partial charge on any atom is 0.0233 e. The predicted octanol–water partition coefficient (Wildman–Crippen LogP) is 4.30. The number of hydrogen-bond donors (Lipinski definition) is 1. The van der Waals surface area contributed by atoms with Gasteiger partial charge in [0.25, 0.3) is 0 Å². The fourth-order valence-electron chi connectivity index (χ4n) is 2.38. The molecule has 120 valence electrons. The van der Waals surface area contributed by atoms with Gasteiger partial charge >= 0.3 is 0 Å². The molecule has 21 heavy (non-hydrogen) atoms. The molecule has 2 heteroatoms. The monoisotopic (exact) mass is 290 g/mol. The molecule has 1 N–H and O–H groups in total. The summed E-state index contributed by atoms with van der Waals surface area (Å²) >= 11 is 0. The van der Waals surface area contributed by atoms with Gasteiger partial charge in [-0.15, -0.1) is 0 Å². The van der Waals surface area contributed by atoms with Crippen LogP contribution in [0.4, 0.5) is 0 Å². The molecule has 0 bridgehead atoms. The van der Waals surface area contributed by atoms with Crippen molar-refractivity contribution in [3.63, 3.8) is 0 Å². The second-order valence-corrected chi connectivity index (χ2v) is 6.99. The summed E-state index contributed by atoms with van der Waals surface area (Å²) in [4.78, 5) is 2.62. The van der Waals surface area contributed by atoms with E-state index in [1.807, 2.05) is 7.05 Å². The molecule has 0 radical (unpaired) electrons. The smallest absolute Gasteiger partial charge is 0.0233 e. The van der Waals surface area contributed by atoms with Gasteiger partial charge in [-0.2, -0.15) is 0 Å². The van der Waals surface area contributed by atoms with Crippen LogP contribution in [-0.2, 0) is 13.1 Å². The molecule has 0 unspecified atom stereocenters. The Hall–Kier alpha value is -0.860. The van der Waals surface area contributed by atoms with Crippen LogP contribution in [0.3, 0.4) is 0 Å². The molecule has 2 nitrogen and oxygen atoms in total. The van der Waals surface area contributed by atoms with Gasteiger partial charge < -0.3 is 5.32 Å². The van der Waals surface area contributed by atoms with Crippen LogP contribution in [0.1, 0.15) is 51.7 Å². The second kappa shape index (κ2) is 9.97. The van der Waals surface area contributed by atoms with E-state index in [1.54, 1.807) is 0 Å². The van der Waals surface area contributed by atoms with Crippen LogP contribution in [0.5, 0.6) is 0 Å². The van der Waals surface area contributed by atoms with E-state index in [1.165, 1.54) is 37.1 Å². The fraction of sp³-hybridized carbons (Fsp3) is 0.684. The van der Waals surface area contributed by atoms with E-state index in [9.17, 15) is 0 Å². The maximum absolute atomic E-state index is 3.20. The first kappa shape index (κ1) is 18.2. The zero-order valence-corrected chi connectivity index (χ0v) is 14.7. The molecular formula is C19H34N2. The van der Waals surface area contributed by atoms with E-state index in [-0.39, 0.29) is 0 Å². The minimum atomic E-state index is 0.782. The highest BCUT2D eigenvalue weighted by Gasteiger charge is 2.08. The molecule has 0 aliphatic rings. The van der Waals surface area contributed by atoms with E-state index in [0.717, 1.165) is 24.9 Å². The minimum Gasteiger partial charge on any atom is -0.316 e. The van der Waals surface area contributed by atoms with Gasteiger partial charge in [0.05, 0.1) is 0 Å². The zero-order valence-electron chi connectivity index (χ0n) is 14.7. The van der Waals surface area contributed by atoms with E-state index in [0.29, 0.717) is 0 Å². The number of nitrogens with zero attached hydrogens (tertiary/aromatic N) is 1. The molecule has 0 aliphatic heterocycles. The fourth-order valence-corrected chi connectivity index (χ4v) is 2.38. The van der Waals surface area contributed by atoms with Crippen molar-refractivity contribution in [2.24, 2.45) is 11.8 Å². The Morgan fingerprint density at radius 3 is 1.76 bits per heavy atom. The first-order valence-corrected chi connectivity index (χ1v) is 8.46. The molecule has 1 aromatic rings. The average molecular weight is 290 g/mol. The van der Waals surface area contributed by atoms with Gasteiger partial charge in [0.2, 0.25) is 0 Å². The van der Waals surface area contributed by atoms with Gasteiger partial charge in [-0.05, 0) is 55.9 Å². The first-order valence-electron chi connectivity index (χ1n) is 8.46. The maximum atomic E-state index is 3.20. The van der Waals surface area contributed by atoms with Gasteiger partial charge in [0.15, 0.2) is 0 Å². The van der Waals surface area contributed by atoms with E-state index >= 15 is 0 Å². The van der Waals surface area contributed by atoms with Crippen molar-refractivity contribution in [3.8, 4) is 0 Å².